The van der Waals surface area contributed by atoms with Crippen LogP contribution in [-0.2, 0) is 7.05 Å². The quantitative estimate of drug-likeness (QED) is 0.494. The Hall–Kier alpha value is -2.09. The molecule has 8 nitrogen and oxygen atoms in total. The normalized spacial score (nSPS) is 10.9. The van der Waals surface area contributed by atoms with Gasteiger partial charge in [0, 0.05) is 13.6 Å². The Morgan fingerprint density at radius 3 is 2.88 bits per heavy atom. The molecule has 0 saturated heterocycles. The van der Waals surface area contributed by atoms with Gasteiger partial charge in [-0.3, -0.25) is 14.3 Å². The summed E-state index contributed by atoms with van der Waals surface area (Å²) in [5.41, 5.74) is 5.02. The molecular weight excluding hydrogens is 224 g/mol. The topological polar surface area (TPSA) is 122 Å². The standard InChI is InChI=1S/C9H14N6O2/c1-15-6-5(7(16)14-9(15)17)12-8(13-6)11-4-2-3-10/h2-4,10H2,1H3,(H2,11,12,13)(H,14,16,17). The Kier molecular flexibility index (Phi) is 2.96. The lowest BCUT2D eigenvalue weighted by Crippen LogP contribution is -2.28. The van der Waals surface area contributed by atoms with E-state index in [0.29, 0.717) is 24.7 Å². The fraction of sp³-hybridized carbons (Fsp3) is 0.444. The van der Waals surface area contributed by atoms with E-state index < -0.39 is 11.2 Å². The average Bonchev–Trinajstić information content (AvgIpc) is 2.71. The fourth-order valence-electron chi connectivity index (χ4n) is 1.50. The number of hydrogen-bond acceptors (Lipinski definition) is 5. The summed E-state index contributed by atoms with van der Waals surface area (Å²) < 4.78 is 1.28. The third-order valence-corrected chi connectivity index (χ3v) is 2.43. The number of aromatic nitrogens is 4. The first-order valence-corrected chi connectivity index (χ1v) is 5.26. The van der Waals surface area contributed by atoms with Gasteiger partial charge in [-0.05, 0) is 13.0 Å². The van der Waals surface area contributed by atoms with Crippen molar-refractivity contribution < 1.29 is 0 Å². The molecule has 8 heteroatoms. The van der Waals surface area contributed by atoms with E-state index in [1.54, 1.807) is 7.05 Å². The van der Waals surface area contributed by atoms with E-state index in [4.69, 9.17) is 5.73 Å². The predicted octanol–water partition coefficient (Wildman–Crippen LogP) is -1.29. The van der Waals surface area contributed by atoms with Crippen LogP contribution >= 0.6 is 0 Å². The maximum absolute atomic E-state index is 11.5. The van der Waals surface area contributed by atoms with Crippen LogP contribution in [0.15, 0.2) is 9.59 Å². The molecule has 0 aliphatic heterocycles. The van der Waals surface area contributed by atoms with Crippen LogP contribution in [0.5, 0.6) is 0 Å². The zero-order valence-corrected chi connectivity index (χ0v) is 9.41. The van der Waals surface area contributed by atoms with Crippen molar-refractivity contribution in [1.82, 2.24) is 19.5 Å². The van der Waals surface area contributed by atoms with Crippen molar-refractivity contribution in [3.8, 4) is 0 Å². The second kappa shape index (κ2) is 4.42. The maximum Gasteiger partial charge on any atom is 0.329 e. The van der Waals surface area contributed by atoms with Crippen LogP contribution in [0.1, 0.15) is 6.42 Å². The summed E-state index contributed by atoms with van der Waals surface area (Å²) in [5.74, 6) is 0.458. The van der Waals surface area contributed by atoms with Crippen molar-refractivity contribution in [2.24, 2.45) is 12.8 Å². The number of imidazole rings is 1. The Morgan fingerprint density at radius 2 is 2.18 bits per heavy atom. The molecule has 92 valence electrons. The van der Waals surface area contributed by atoms with Gasteiger partial charge in [-0.1, -0.05) is 0 Å². The van der Waals surface area contributed by atoms with Crippen LogP contribution in [0.4, 0.5) is 5.95 Å². The van der Waals surface area contributed by atoms with Crippen molar-refractivity contribution >= 4 is 17.1 Å². The van der Waals surface area contributed by atoms with Crippen molar-refractivity contribution in [3.63, 3.8) is 0 Å². The molecule has 2 rings (SSSR count). The van der Waals surface area contributed by atoms with Crippen molar-refractivity contribution in [1.29, 1.82) is 0 Å². The lowest BCUT2D eigenvalue weighted by molar-refractivity contribution is 0.831. The Morgan fingerprint density at radius 1 is 1.41 bits per heavy atom. The minimum Gasteiger partial charge on any atom is -0.356 e. The highest BCUT2D eigenvalue weighted by atomic mass is 16.2. The molecular formula is C9H14N6O2. The SMILES string of the molecule is Cn1c(=O)[nH]c(=O)c2[nH]c(NCCCN)nc21. The van der Waals surface area contributed by atoms with E-state index in [0.717, 1.165) is 6.42 Å². The number of aromatic amines is 2. The number of H-pyrrole nitrogens is 2. The lowest BCUT2D eigenvalue weighted by atomic mass is 10.4. The van der Waals surface area contributed by atoms with Gasteiger partial charge in [0.1, 0.15) is 0 Å². The van der Waals surface area contributed by atoms with Gasteiger partial charge in [-0.25, -0.2) is 4.79 Å². The number of rotatable bonds is 4. The molecule has 0 spiro atoms. The summed E-state index contributed by atoms with van der Waals surface area (Å²) in [7, 11) is 1.55. The number of hydrogen-bond donors (Lipinski definition) is 4. The van der Waals surface area contributed by atoms with E-state index in [2.05, 4.69) is 20.3 Å². The molecule has 0 amide bonds. The molecule has 2 heterocycles. The summed E-state index contributed by atoms with van der Waals surface area (Å²) in [4.78, 5) is 32.0. The van der Waals surface area contributed by atoms with E-state index >= 15 is 0 Å². The van der Waals surface area contributed by atoms with Gasteiger partial charge in [0.15, 0.2) is 11.2 Å². The highest BCUT2D eigenvalue weighted by Gasteiger charge is 2.09. The average molecular weight is 238 g/mol. The third kappa shape index (κ3) is 2.07. The number of anilines is 1. The van der Waals surface area contributed by atoms with Gasteiger partial charge < -0.3 is 16.0 Å². The van der Waals surface area contributed by atoms with Gasteiger partial charge in [0.25, 0.3) is 5.56 Å². The molecule has 0 bridgehead atoms. The number of nitrogens with zero attached hydrogens (tertiary/aromatic N) is 2. The summed E-state index contributed by atoms with van der Waals surface area (Å²) in [5, 5.41) is 2.99. The van der Waals surface area contributed by atoms with E-state index in [-0.39, 0.29) is 5.52 Å². The first-order chi connectivity index (χ1) is 8.13. The van der Waals surface area contributed by atoms with Crippen molar-refractivity contribution in [3.05, 3.63) is 20.8 Å². The van der Waals surface area contributed by atoms with Crippen LogP contribution in [0.25, 0.3) is 11.2 Å². The Bertz CT molecular complexity index is 637. The molecule has 2 aromatic rings. The molecule has 0 radical (unpaired) electrons. The zero-order valence-electron chi connectivity index (χ0n) is 9.41. The van der Waals surface area contributed by atoms with Crippen molar-refractivity contribution in [2.75, 3.05) is 18.4 Å². The number of aryl methyl sites for hydroxylation is 1. The van der Waals surface area contributed by atoms with E-state index in [9.17, 15) is 9.59 Å². The highest BCUT2D eigenvalue weighted by molar-refractivity contribution is 5.72. The van der Waals surface area contributed by atoms with Gasteiger partial charge in [0.05, 0.1) is 0 Å². The number of nitrogens with two attached hydrogens (primary N) is 1. The minimum absolute atomic E-state index is 0.280. The molecule has 0 unspecified atom stereocenters. The van der Waals surface area contributed by atoms with Crippen LogP contribution in [0.3, 0.4) is 0 Å². The highest BCUT2D eigenvalue weighted by Crippen LogP contribution is 2.07. The maximum atomic E-state index is 11.5. The Labute approximate surface area is 95.9 Å². The van der Waals surface area contributed by atoms with Crippen LogP contribution in [-0.4, -0.2) is 32.6 Å². The molecule has 0 aliphatic carbocycles. The van der Waals surface area contributed by atoms with E-state index in [1.165, 1.54) is 4.57 Å². The number of nitrogens with one attached hydrogen (secondary N) is 3. The molecule has 0 atom stereocenters. The van der Waals surface area contributed by atoms with Gasteiger partial charge in [-0.15, -0.1) is 0 Å². The first kappa shape index (κ1) is 11.4. The van der Waals surface area contributed by atoms with Crippen LogP contribution < -0.4 is 22.3 Å². The summed E-state index contributed by atoms with van der Waals surface area (Å²) in [6.45, 7) is 1.23. The molecule has 0 aromatic carbocycles. The molecule has 0 aliphatic rings. The minimum atomic E-state index is -0.484. The lowest BCUT2D eigenvalue weighted by Gasteiger charge is -1.98. The molecule has 2 aromatic heterocycles. The van der Waals surface area contributed by atoms with Crippen LogP contribution in [0, 0.1) is 0 Å². The van der Waals surface area contributed by atoms with Gasteiger partial charge >= 0.3 is 5.69 Å². The Balaban J connectivity index is 2.43. The third-order valence-electron chi connectivity index (χ3n) is 2.43. The van der Waals surface area contributed by atoms with Crippen LogP contribution in [0.2, 0.25) is 0 Å². The number of fused-ring (bicyclic) bond motifs is 1. The fourth-order valence-corrected chi connectivity index (χ4v) is 1.50. The first-order valence-electron chi connectivity index (χ1n) is 5.26. The summed E-state index contributed by atoms with van der Waals surface area (Å²) in [6, 6.07) is 0. The largest absolute Gasteiger partial charge is 0.356 e. The van der Waals surface area contributed by atoms with E-state index in [1.807, 2.05) is 0 Å². The molecule has 0 saturated carbocycles. The van der Waals surface area contributed by atoms with Gasteiger partial charge in [-0.2, -0.15) is 4.98 Å². The molecule has 5 N–H and O–H groups in total. The van der Waals surface area contributed by atoms with Gasteiger partial charge in [0.2, 0.25) is 5.95 Å². The second-order valence-corrected chi connectivity index (χ2v) is 3.67. The monoisotopic (exact) mass is 238 g/mol. The molecule has 17 heavy (non-hydrogen) atoms. The smallest absolute Gasteiger partial charge is 0.329 e. The van der Waals surface area contributed by atoms with Crippen molar-refractivity contribution in [2.45, 2.75) is 6.42 Å². The summed E-state index contributed by atoms with van der Waals surface area (Å²) >= 11 is 0. The predicted molar refractivity (Wildman–Crippen MR) is 64.1 cm³/mol. The zero-order chi connectivity index (χ0) is 12.4. The molecule has 0 fully saturated rings. The summed E-state index contributed by atoms with van der Waals surface area (Å²) in [6.07, 6.45) is 0.798. The second-order valence-electron chi connectivity index (χ2n) is 3.67.